The van der Waals surface area contributed by atoms with E-state index in [0.29, 0.717) is 0 Å². The molecule has 0 aliphatic rings. The van der Waals surface area contributed by atoms with Gasteiger partial charge in [0, 0.05) is 0 Å². The van der Waals surface area contributed by atoms with Crippen LogP contribution in [0.1, 0.15) is 33.1 Å². The molecule has 0 aliphatic heterocycles. The minimum absolute atomic E-state index is 0.276. The summed E-state index contributed by atoms with van der Waals surface area (Å²) < 4.78 is 0. The van der Waals surface area contributed by atoms with E-state index in [0.717, 1.165) is 6.42 Å². The SMILES string of the molecule is CCCC/C=C\[C@H](C)O. The van der Waals surface area contributed by atoms with Gasteiger partial charge in [0.1, 0.15) is 0 Å². The van der Waals surface area contributed by atoms with Crippen LogP contribution in [0.5, 0.6) is 0 Å². The van der Waals surface area contributed by atoms with Crippen molar-refractivity contribution in [3.05, 3.63) is 12.2 Å². The molecular formula is C8H16O. The molecule has 0 saturated carbocycles. The summed E-state index contributed by atoms with van der Waals surface area (Å²) >= 11 is 0. The van der Waals surface area contributed by atoms with Crippen molar-refractivity contribution in [3.63, 3.8) is 0 Å². The van der Waals surface area contributed by atoms with Gasteiger partial charge in [0.05, 0.1) is 6.10 Å². The third-order valence-electron chi connectivity index (χ3n) is 1.14. The zero-order valence-electron chi connectivity index (χ0n) is 6.30. The number of hydrogen-bond acceptors (Lipinski definition) is 1. The fourth-order valence-electron chi connectivity index (χ4n) is 0.615. The van der Waals surface area contributed by atoms with E-state index in [1.165, 1.54) is 12.8 Å². The number of unbranched alkanes of at least 4 members (excludes halogenated alkanes) is 2. The summed E-state index contributed by atoms with van der Waals surface area (Å²) in [4.78, 5) is 0. The maximum atomic E-state index is 8.76. The summed E-state index contributed by atoms with van der Waals surface area (Å²) in [5.74, 6) is 0. The largest absolute Gasteiger partial charge is 0.389 e. The van der Waals surface area contributed by atoms with E-state index in [2.05, 4.69) is 6.92 Å². The van der Waals surface area contributed by atoms with Crippen molar-refractivity contribution >= 4 is 0 Å². The van der Waals surface area contributed by atoms with Crippen LogP contribution in [0, 0.1) is 0 Å². The van der Waals surface area contributed by atoms with Crippen molar-refractivity contribution in [1.29, 1.82) is 0 Å². The van der Waals surface area contributed by atoms with Crippen LogP contribution < -0.4 is 0 Å². The molecule has 1 nitrogen and oxygen atoms in total. The molecule has 54 valence electrons. The molecule has 0 heterocycles. The molecule has 0 fully saturated rings. The highest BCUT2D eigenvalue weighted by Gasteiger charge is 1.83. The van der Waals surface area contributed by atoms with Crippen molar-refractivity contribution < 1.29 is 5.11 Å². The summed E-state index contributed by atoms with van der Waals surface area (Å²) in [5, 5.41) is 8.76. The van der Waals surface area contributed by atoms with Crippen molar-refractivity contribution in [2.24, 2.45) is 0 Å². The van der Waals surface area contributed by atoms with Crippen LogP contribution in [-0.4, -0.2) is 11.2 Å². The first-order chi connectivity index (χ1) is 4.27. The molecule has 9 heavy (non-hydrogen) atoms. The van der Waals surface area contributed by atoms with E-state index in [-0.39, 0.29) is 6.10 Å². The van der Waals surface area contributed by atoms with Gasteiger partial charge in [-0.25, -0.2) is 0 Å². The predicted octanol–water partition coefficient (Wildman–Crippen LogP) is 2.11. The van der Waals surface area contributed by atoms with Gasteiger partial charge in [-0.15, -0.1) is 0 Å². The van der Waals surface area contributed by atoms with Crippen LogP contribution in [0.3, 0.4) is 0 Å². The Bertz CT molecular complexity index is 74.6. The van der Waals surface area contributed by atoms with Gasteiger partial charge in [0.15, 0.2) is 0 Å². The van der Waals surface area contributed by atoms with Gasteiger partial charge in [0.2, 0.25) is 0 Å². The van der Waals surface area contributed by atoms with Crippen molar-refractivity contribution in [3.8, 4) is 0 Å². The third kappa shape index (κ3) is 7.70. The molecule has 0 aliphatic carbocycles. The number of rotatable bonds is 4. The Hall–Kier alpha value is -0.300. The second kappa shape index (κ2) is 5.83. The Morgan fingerprint density at radius 3 is 2.67 bits per heavy atom. The molecule has 0 aromatic rings. The highest BCUT2D eigenvalue weighted by molar-refractivity contribution is 4.85. The van der Waals surface area contributed by atoms with Gasteiger partial charge in [-0.3, -0.25) is 0 Å². The molecule has 0 aromatic heterocycles. The predicted molar refractivity (Wildman–Crippen MR) is 40.3 cm³/mol. The van der Waals surface area contributed by atoms with Crippen molar-refractivity contribution in [2.45, 2.75) is 39.2 Å². The first-order valence-electron chi connectivity index (χ1n) is 3.62. The molecular weight excluding hydrogens is 112 g/mol. The summed E-state index contributed by atoms with van der Waals surface area (Å²) in [6.45, 7) is 3.93. The normalized spacial score (nSPS) is 14.6. The third-order valence-corrected chi connectivity index (χ3v) is 1.14. The minimum Gasteiger partial charge on any atom is -0.389 e. The fourth-order valence-corrected chi connectivity index (χ4v) is 0.615. The Kier molecular flexibility index (Phi) is 5.64. The van der Waals surface area contributed by atoms with Gasteiger partial charge in [-0.05, 0) is 13.3 Å². The van der Waals surface area contributed by atoms with Gasteiger partial charge < -0.3 is 5.11 Å². The van der Waals surface area contributed by atoms with E-state index in [1.54, 1.807) is 6.92 Å². The summed E-state index contributed by atoms with van der Waals surface area (Å²) in [6.07, 6.45) is 7.14. The zero-order chi connectivity index (χ0) is 7.11. The van der Waals surface area contributed by atoms with E-state index < -0.39 is 0 Å². The van der Waals surface area contributed by atoms with Crippen LogP contribution in [-0.2, 0) is 0 Å². The molecule has 1 N–H and O–H groups in total. The Labute approximate surface area is 57.4 Å². The van der Waals surface area contributed by atoms with E-state index in [4.69, 9.17) is 5.11 Å². The summed E-state index contributed by atoms with van der Waals surface area (Å²) in [6, 6.07) is 0. The molecule has 1 atom stereocenters. The lowest BCUT2D eigenvalue weighted by atomic mass is 10.2. The quantitative estimate of drug-likeness (QED) is 0.454. The molecule has 0 aromatic carbocycles. The molecule has 0 spiro atoms. The summed E-state index contributed by atoms with van der Waals surface area (Å²) in [7, 11) is 0. The zero-order valence-corrected chi connectivity index (χ0v) is 6.30. The minimum atomic E-state index is -0.276. The lowest BCUT2D eigenvalue weighted by Crippen LogP contribution is -1.91. The van der Waals surface area contributed by atoms with Gasteiger partial charge in [-0.1, -0.05) is 31.9 Å². The highest BCUT2D eigenvalue weighted by atomic mass is 16.3. The molecule has 0 saturated heterocycles. The maximum absolute atomic E-state index is 8.76. The summed E-state index contributed by atoms with van der Waals surface area (Å²) in [5.41, 5.74) is 0. The van der Waals surface area contributed by atoms with Gasteiger partial charge in [-0.2, -0.15) is 0 Å². The van der Waals surface area contributed by atoms with Crippen molar-refractivity contribution in [1.82, 2.24) is 0 Å². The monoisotopic (exact) mass is 128 g/mol. The fraction of sp³-hybridized carbons (Fsp3) is 0.750. The first-order valence-corrected chi connectivity index (χ1v) is 3.62. The Morgan fingerprint density at radius 2 is 2.22 bits per heavy atom. The van der Waals surface area contributed by atoms with Crippen LogP contribution in [0.2, 0.25) is 0 Å². The van der Waals surface area contributed by atoms with Crippen LogP contribution in [0.15, 0.2) is 12.2 Å². The molecule has 0 radical (unpaired) electrons. The standard InChI is InChI=1S/C8H16O/c1-3-4-5-6-7-8(2)9/h6-9H,3-5H2,1-2H3/b7-6-/t8-/m0/s1. The first kappa shape index (κ1) is 8.70. The molecule has 0 amide bonds. The second-order valence-corrected chi connectivity index (χ2v) is 2.31. The average Bonchev–Trinajstić information content (AvgIpc) is 1.80. The Morgan fingerprint density at radius 1 is 1.56 bits per heavy atom. The Balaban J connectivity index is 3.04. The number of aliphatic hydroxyl groups is 1. The second-order valence-electron chi connectivity index (χ2n) is 2.31. The number of hydrogen-bond donors (Lipinski definition) is 1. The van der Waals surface area contributed by atoms with Crippen LogP contribution in [0.4, 0.5) is 0 Å². The van der Waals surface area contributed by atoms with Crippen LogP contribution in [0.25, 0.3) is 0 Å². The molecule has 0 unspecified atom stereocenters. The lowest BCUT2D eigenvalue weighted by molar-refractivity contribution is 0.244. The molecule has 0 rings (SSSR count). The van der Waals surface area contributed by atoms with Crippen LogP contribution >= 0.6 is 0 Å². The maximum Gasteiger partial charge on any atom is 0.0692 e. The lowest BCUT2D eigenvalue weighted by Gasteiger charge is -1.92. The van der Waals surface area contributed by atoms with E-state index in [1.807, 2.05) is 12.2 Å². The van der Waals surface area contributed by atoms with Gasteiger partial charge in [0.25, 0.3) is 0 Å². The highest BCUT2D eigenvalue weighted by Crippen LogP contribution is 1.95. The van der Waals surface area contributed by atoms with Crippen molar-refractivity contribution in [2.75, 3.05) is 0 Å². The topological polar surface area (TPSA) is 20.2 Å². The molecule has 1 heteroatoms. The number of allylic oxidation sites excluding steroid dienone is 1. The molecule has 0 bridgehead atoms. The van der Waals surface area contributed by atoms with E-state index >= 15 is 0 Å². The number of aliphatic hydroxyl groups excluding tert-OH is 1. The van der Waals surface area contributed by atoms with Gasteiger partial charge >= 0.3 is 0 Å². The smallest absolute Gasteiger partial charge is 0.0692 e. The average molecular weight is 128 g/mol. The van der Waals surface area contributed by atoms with E-state index in [9.17, 15) is 0 Å².